The third-order valence-corrected chi connectivity index (χ3v) is 3.13. The summed E-state index contributed by atoms with van der Waals surface area (Å²) in [6.07, 6.45) is 0.451. The number of hydrogen-bond donors (Lipinski definition) is 0. The van der Waals surface area contributed by atoms with E-state index in [0.29, 0.717) is 5.56 Å². The summed E-state index contributed by atoms with van der Waals surface area (Å²) in [7, 11) is 0. The van der Waals surface area contributed by atoms with E-state index in [1.54, 1.807) is 31.2 Å². The summed E-state index contributed by atoms with van der Waals surface area (Å²) >= 11 is 0. The van der Waals surface area contributed by atoms with Gasteiger partial charge >= 0.3 is 0 Å². The molecular weight excluding hydrogens is 230 g/mol. The van der Waals surface area contributed by atoms with Gasteiger partial charge in [-0.1, -0.05) is 37.3 Å². The van der Waals surface area contributed by atoms with Gasteiger partial charge in [-0.3, -0.25) is 19.3 Å². The van der Waals surface area contributed by atoms with E-state index in [4.69, 9.17) is 0 Å². The molecule has 1 atom stereocenters. The first-order valence-electron chi connectivity index (χ1n) is 6.02. The molecule has 1 aliphatic rings. The Kier molecular flexibility index (Phi) is 3.55. The van der Waals surface area contributed by atoms with E-state index in [1.165, 1.54) is 4.90 Å². The molecule has 0 radical (unpaired) electrons. The number of nitrogens with zero attached hydrogens (tertiary/aromatic N) is 1. The number of carbonyl (C=O) groups is 3. The number of imide groups is 1. The fraction of sp³-hybridized carbons (Fsp3) is 0.357. The van der Waals surface area contributed by atoms with E-state index in [0.717, 1.165) is 0 Å². The van der Waals surface area contributed by atoms with Gasteiger partial charge in [0.15, 0.2) is 5.78 Å². The Labute approximate surface area is 106 Å². The predicted molar refractivity (Wildman–Crippen MR) is 65.9 cm³/mol. The second-order valence-corrected chi connectivity index (χ2v) is 4.53. The number of carbonyl (C=O) groups excluding carboxylic acids is 3. The normalized spacial score (nSPS) is 19.4. The van der Waals surface area contributed by atoms with E-state index in [2.05, 4.69) is 0 Å². The molecular formula is C14H15NO3. The molecule has 18 heavy (non-hydrogen) atoms. The van der Waals surface area contributed by atoms with Crippen LogP contribution in [0.5, 0.6) is 0 Å². The Bertz CT molecular complexity index is 481. The van der Waals surface area contributed by atoms with Gasteiger partial charge in [-0.25, -0.2) is 0 Å². The van der Waals surface area contributed by atoms with E-state index in [1.807, 2.05) is 6.07 Å². The molecule has 1 aromatic carbocycles. The summed E-state index contributed by atoms with van der Waals surface area (Å²) in [6.45, 7) is 1.93. The number of likely N-dealkylation sites (tertiary alicyclic amines) is 1. The predicted octanol–water partition coefficient (Wildman–Crippen LogP) is 1.65. The molecule has 0 aliphatic carbocycles. The van der Waals surface area contributed by atoms with E-state index < -0.39 is 0 Å². The molecule has 0 aromatic heterocycles. The highest BCUT2D eigenvalue weighted by atomic mass is 16.2. The van der Waals surface area contributed by atoms with Crippen LogP contribution in [-0.4, -0.2) is 29.0 Å². The Morgan fingerprint density at radius 3 is 2.50 bits per heavy atom. The molecule has 4 heteroatoms. The standard InChI is InChI=1S/C14H15NO3/c1-10-9-13(17)15(14(10)18)8-7-12(16)11-5-3-2-4-6-11/h2-6,10H,7-9H2,1H3. The van der Waals surface area contributed by atoms with Crippen LogP contribution >= 0.6 is 0 Å². The minimum absolute atomic E-state index is 0.0456. The molecule has 94 valence electrons. The molecule has 0 spiro atoms. The molecule has 1 unspecified atom stereocenters. The van der Waals surface area contributed by atoms with Crippen molar-refractivity contribution in [1.82, 2.24) is 4.90 Å². The van der Waals surface area contributed by atoms with Gasteiger partial charge in [0.2, 0.25) is 11.8 Å². The van der Waals surface area contributed by atoms with Crippen molar-refractivity contribution in [2.75, 3.05) is 6.54 Å². The number of Topliss-reactive ketones (excluding diaryl/α,β-unsaturated/α-hetero) is 1. The van der Waals surface area contributed by atoms with Gasteiger partial charge in [0, 0.05) is 30.9 Å². The number of rotatable bonds is 4. The van der Waals surface area contributed by atoms with E-state index >= 15 is 0 Å². The maximum Gasteiger partial charge on any atom is 0.232 e. The molecule has 1 heterocycles. The van der Waals surface area contributed by atoms with E-state index in [9.17, 15) is 14.4 Å². The zero-order valence-corrected chi connectivity index (χ0v) is 10.3. The van der Waals surface area contributed by atoms with Crippen molar-refractivity contribution in [3.05, 3.63) is 35.9 Å². The van der Waals surface area contributed by atoms with Gasteiger partial charge in [0.25, 0.3) is 0 Å². The van der Waals surface area contributed by atoms with Gasteiger partial charge in [-0.2, -0.15) is 0 Å². The van der Waals surface area contributed by atoms with Crippen molar-refractivity contribution in [1.29, 1.82) is 0 Å². The molecule has 2 amide bonds. The zero-order chi connectivity index (χ0) is 13.1. The van der Waals surface area contributed by atoms with Crippen LogP contribution in [0, 0.1) is 5.92 Å². The maximum absolute atomic E-state index is 11.8. The molecule has 1 aromatic rings. The summed E-state index contributed by atoms with van der Waals surface area (Å²) < 4.78 is 0. The summed E-state index contributed by atoms with van der Waals surface area (Å²) in [4.78, 5) is 36.2. The minimum atomic E-state index is -0.246. The molecule has 4 nitrogen and oxygen atoms in total. The van der Waals surface area contributed by atoms with Crippen molar-refractivity contribution in [3.8, 4) is 0 Å². The summed E-state index contributed by atoms with van der Waals surface area (Å²) in [5.74, 6) is -0.630. The molecule has 2 rings (SSSR count). The SMILES string of the molecule is CC1CC(=O)N(CCC(=O)c2ccccc2)C1=O. The van der Waals surface area contributed by atoms with E-state index in [-0.39, 0.29) is 42.9 Å². The quantitative estimate of drug-likeness (QED) is 0.598. The highest BCUT2D eigenvalue weighted by molar-refractivity contribution is 6.04. The van der Waals surface area contributed by atoms with Crippen molar-refractivity contribution >= 4 is 17.6 Å². The van der Waals surface area contributed by atoms with Gasteiger partial charge in [0.1, 0.15) is 0 Å². The van der Waals surface area contributed by atoms with Crippen LogP contribution in [0.1, 0.15) is 30.1 Å². The average molecular weight is 245 g/mol. The van der Waals surface area contributed by atoms with Crippen LogP contribution in [0.15, 0.2) is 30.3 Å². The van der Waals surface area contributed by atoms with Crippen molar-refractivity contribution in [2.24, 2.45) is 5.92 Å². The minimum Gasteiger partial charge on any atom is -0.294 e. The summed E-state index contributed by atoms with van der Waals surface area (Å²) in [6, 6.07) is 8.89. The molecule has 0 saturated carbocycles. The number of benzene rings is 1. The number of hydrogen-bond acceptors (Lipinski definition) is 3. The Morgan fingerprint density at radius 1 is 1.28 bits per heavy atom. The topological polar surface area (TPSA) is 54.5 Å². The number of ketones is 1. The third kappa shape index (κ3) is 2.47. The number of amides is 2. The molecule has 1 fully saturated rings. The lowest BCUT2D eigenvalue weighted by molar-refractivity contribution is -0.139. The molecule has 0 N–H and O–H groups in total. The molecule has 0 bridgehead atoms. The zero-order valence-electron chi connectivity index (χ0n) is 10.3. The fourth-order valence-electron chi connectivity index (χ4n) is 2.06. The fourth-order valence-corrected chi connectivity index (χ4v) is 2.06. The lowest BCUT2D eigenvalue weighted by atomic mass is 10.1. The van der Waals surface area contributed by atoms with Crippen LogP contribution in [-0.2, 0) is 9.59 Å². The second-order valence-electron chi connectivity index (χ2n) is 4.53. The van der Waals surface area contributed by atoms with Crippen LogP contribution in [0.3, 0.4) is 0 Å². The smallest absolute Gasteiger partial charge is 0.232 e. The van der Waals surface area contributed by atoms with Crippen LogP contribution in [0.4, 0.5) is 0 Å². The van der Waals surface area contributed by atoms with Gasteiger partial charge in [0.05, 0.1) is 0 Å². The van der Waals surface area contributed by atoms with Crippen molar-refractivity contribution < 1.29 is 14.4 Å². The van der Waals surface area contributed by atoms with Crippen LogP contribution in [0.25, 0.3) is 0 Å². The van der Waals surface area contributed by atoms with Crippen molar-refractivity contribution in [3.63, 3.8) is 0 Å². The first kappa shape index (κ1) is 12.5. The van der Waals surface area contributed by atoms with Crippen LogP contribution < -0.4 is 0 Å². The van der Waals surface area contributed by atoms with Crippen molar-refractivity contribution in [2.45, 2.75) is 19.8 Å². The second kappa shape index (κ2) is 5.12. The lowest BCUT2D eigenvalue weighted by Gasteiger charge is -2.13. The molecule has 1 saturated heterocycles. The summed E-state index contributed by atoms with van der Waals surface area (Å²) in [5.41, 5.74) is 0.615. The first-order chi connectivity index (χ1) is 8.59. The molecule has 1 aliphatic heterocycles. The monoisotopic (exact) mass is 245 g/mol. The Balaban J connectivity index is 1.95. The maximum atomic E-state index is 11.8. The van der Waals surface area contributed by atoms with Gasteiger partial charge in [-0.05, 0) is 0 Å². The van der Waals surface area contributed by atoms with Gasteiger partial charge in [-0.15, -0.1) is 0 Å². The largest absolute Gasteiger partial charge is 0.294 e. The Hall–Kier alpha value is -1.97. The first-order valence-corrected chi connectivity index (χ1v) is 6.02. The van der Waals surface area contributed by atoms with Gasteiger partial charge < -0.3 is 0 Å². The Morgan fingerprint density at radius 2 is 1.94 bits per heavy atom. The average Bonchev–Trinajstić information content (AvgIpc) is 2.62. The highest BCUT2D eigenvalue weighted by Gasteiger charge is 2.35. The third-order valence-electron chi connectivity index (χ3n) is 3.13. The highest BCUT2D eigenvalue weighted by Crippen LogP contribution is 2.19. The van der Waals surface area contributed by atoms with Crippen LogP contribution in [0.2, 0.25) is 0 Å². The summed E-state index contributed by atoms with van der Waals surface area (Å²) in [5, 5.41) is 0. The lowest BCUT2D eigenvalue weighted by Crippen LogP contribution is -2.32.